The number of amides is 1. The summed E-state index contributed by atoms with van der Waals surface area (Å²) in [5.74, 6) is 1.32. The van der Waals surface area contributed by atoms with Gasteiger partial charge in [-0.15, -0.1) is 11.3 Å². The van der Waals surface area contributed by atoms with E-state index < -0.39 is 0 Å². The number of hydrogen-bond acceptors (Lipinski definition) is 7. The van der Waals surface area contributed by atoms with Gasteiger partial charge in [-0.3, -0.25) is 4.79 Å². The van der Waals surface area contributed by atoms with Crippen LogP contribution in [0.1, 0.15) is 44.9 Å². The Morgan fingerprint density at radius 2 is 2.07 bits per heavy atom. The van der Waals surface area contributed by atoms with Crippen LogP contribution >= 0.6 is 11.3 Å². The number of methoxy groups -OCH3 is 1. The Morgan fingerprint density at radius 1 is 1.30 bits per heavy atom. The van der Waals surface area contributed by atoms with E-state index in [-0.39, 0.29) is 24.2 Å². The number of nitrogens with one attached hydrogen (secondary N) is 1. The van der Waals surface area contributed by atoms with Crippen molar-refractivity contribution in [3.8, 4) is 11.5 Å². The van der Waals surface area contributed by atoms with Crippen molar-refractivity contribution in [1.82, 2.24) is 15.3 Å². The Hall–Kier alpha value is -2.87. The molecule has 0 radical (unpaired) electrons. The Morgan fingerprint density at radius 3 is 2.78 bits per heavy atom. The zero-order valence-corrected chi connectivity index (χ0v) is 16.4. The molecule has 3 aromatic rings. The zero-order chi connectivity index (χ0) is 19.4. The third-order valence-corrected chi connectivity index (χ3v) is 4.79. The lowest BCUT2D eigenvalue weighted by Gasteiger charge is -2.11. The van der Waals surface area contributed by atoms with Crippen LogP contribution in [-0.4, -0.2) is 23.0 Å². The van der Waals surface area contributed by atoms with E-state index in [9.17, 15) is 4.79 Å². The minimum atomic E-state index is -0.316. The van der Waals surface area contributed by atoms with Gasteiger partial charge in [-0.05, 0) is 32.9 Å². The highest BCUT2D eigenvalue weighted by Gasteiger charge is 2.19. The van der Waals surface area contributed by atoms with Crippen LogP contribution in [0, 0.1) is 13.8 Å². The Bertz CT molecular complexity index is 935. The van der Waals surface area contributed by atoms with Gasteiger partial charge in [0.05, 0.1) is 23.9 Å². The average molecular weight is 387 g/mol. The fourth-order valence-corrected chi connectivity index (χ4v) is 3.52. The summed E-state index contributed by atoms with van der Waals surface area (Å²) in [6.45, 7) is 5.95. The summed E-state index contributed by atoms with van der Waals surface area (Å²) in [5, 5.41) is 3.87. The quantitative estimate of drug-likeness (QED) is 0.663. The fraction of sp³-hybridized carbons (Fsp3) is 0.316. The number of hydrogen-bond donors (Lipinski definition) is 1. The number of aryl methyl sites for hydroxylation is 2. The number of carbonyl (C=O) groups is 1. The van der Waals surface area contributed by atoms with Crippen molar-refractivity contribution in [3.63, 3.8) is 0 Å². The molecule has 1 aromatic carbocycles. The average Bonchev–Trinajstić information content (AvgIpc) is 3.26. The first-order valence-corrected chi connectivity index (χ1v) is 9.24. The third kappa shape index (κ3) is 4.65. The molecule has 7 nitrogen and oxygen atoms in total. The van der Waals surface area contributed by atoms with Crippen molar-refractivity contribution < 1.29 is 18.7 Å². The number of rotatable bonds is 7. The Labute approximate surface area is 161 Å². The number of nitrogens with zero attached hydrogens (tertiary/aromatic N) is 2. The van der Waals surface area contributed by atoms with Gasteiger partial charge in [-0.25, -0.2) is 9.97 Å². The van der Waals surface area contributed by atoms with Crippen LogP contribution in [0.4, 0.5) is 0 Å². The summed E-state index contributed by atoms with van der Waals surface area (Å²) in [6.07, 6.45) is 1.32. The van der Waals surface area contributed by atoms with Crippen molar-refractivity contribution in [2.24, 2.45) is 0 Å². The van der Waals surface area contributed by atoms with E-state index in [1.165, 1.54) is 6.26 Å². The number of aromatic nitrogens is 2. The van der Waals surface area contributed by atoms with Gasteiger partial charge in [-0.2, -0.15) is 0 Å². The highest BCUT2D eigenvalue weighted by atomic mass is 32.1. The van der Waals surface area contributed by atoms with E-state index >= 15 is 0 Å². The first-order valence-electron chi connectivity index (χ1n) is 8.42. The SMILES string of the molecule is COc1cccc(OCc2nc(C(=O)N[C@H](C)c3nc(C)sc3C)co2)c1. The smallest absolute Gasteiger partial charge is 0.273 e. The molecule has 0 aliphatic heterocycles. The monoisotopic (exact) mass is 387 g/mol. The molecule has 0 aliphatic rings. The van der Waals surface area contributed by atoms with Gasteiger partial charge in [0.1, 0.15) is 17.8 Å². The second-order valence-electron chi connectivity index (χ2n) is 5.96. The maximum absolute atomic E-state index is 12.4. The van der Waals surface area contributed by atoms with Crippen molar-refractivity contribution >= 4 is 17.2 Å². The molecular formula is C19H21N3O4S. The van der Waals surface area contributed by atoms with E-state index in [1.807, 2.05) is 32.9 Å². The lowest BCUT2D eigenvalue weighted by molar-refractivity contribution is 0.0934. The van der Waals surface area contributed by atoms with Crippen LogP contribution in [0.3, 0.4) is 0 Å². The summed E-state index contributed by atoms with van der Waals surface area (Å²) in [6, 6.07) is 7.00. The predicted molar refractivity (Wildman–Crippen MR) is 101 cm³/mol. The first-order chi connectivity index (χ1) is 13.0. The molecule has 0 unspecified atom stereocenters. The van der Waals surface area contributed by atoms with Crippen molar-refractivity contribution in [2.45, 2.75) is 33.4 Å². The van der Waals surface area contributed by atoms with E-state index in [1.54, 1.807) is 30.6 Å². The lowest BCUT2D eigenvalue weighted by Crippen LogP contribution is -2.27. The summed E-state index contributed by atoms with van der Waals surface area (Å²) in [4.78, 5) is 22.2. The molecule has 0 fully saturated rings. The fourth-order valence-electron chi connectivity index (χ4n) is 2.60. The maximum Gasteiger partial charge on any atom is 0.273 e. The van der Waals surface area contributed by atoms with E-state index in [0.717, 1.165) is 15.6 Å². The van der Waals surface area contributed by atoms with E-state index in [2.05, 4.69) is 15.3 Å². The van der Waals surface area contributed by atoms with Crippen molar-refractivity contribution in [3.05, 3.63) is 57.7 Å². The highest BCUT2D eigenvalue weighted by molar-refractivity contribution is 7.11. The molecule has 3 rings (SSSR count). The molecule has 0 spiro atoms. The lowest BCUT2D eigenvalue weighted by atomic mass is 10.2. The molecular weight excluding hydrogens is 366 g/mol. The summed E-state index contributed by atoms with van der Waals surface area (Å²) in [7, 11) is 1.59. The molecule has 2 aromatic heterocycles. The minimum absolute atomic E-state index is 0.111. The van der Waals surface area contributed by atoms with Gasteiger partial charge in [0.15, 0.2) is 12.3 Å². The zero-order valence-electron chi connectivity index (χ0n) is 15.6. The molecule has 0 saturated heterocycles. The first kappa shape index (κ1) is 18.9. The van der Waals surface area contributed by atoms with Crippen molar-refractivity contribution in [2.75, 3.05) is 7.11 Å². The molecule has 0 aliphatic carbocycles. The number of oxazole rings is 1. The van der Waals surface area contributed by atoms with Gasteiger partial charge in [0.25, 0.3) is 5.91 Å². The molecule has 1 atom stereocenters. The largest absolute Gasteiger partial charge is 0.497 e. The number of thiazole rings is 1. The molecule has 27 heavy (non-hydrogen) atoms. The standard InChI is InChI=1S/C19H21N3O4S/c1-11(18-12(2)27-13(3)21-18)20-19(23)16-9-26-17(22-16)10-25-15-7-5-6-14(8-15)24-4/h5-9,11H,10H2,1-4H3,(H,20,23)/t11-/m1/s1. The summed E-state index contributed by atoms with van der Waals surface area (Å²) in [5.41, 5.74) is 1.08. The van der Waals surface area contributed by atoms with Crippen LogP contribution in [0.5, 0.6) is 11.5 Å². The molecule has 8 heteroatoms. The predicted octanol–water partition coefficient (Wildman–Crippen LogP) is 3.83. The van der Waals surface area contributed by atoms with Gasteiger partial charge in [0, 0.05) is 10.9 Å². The topological polar surface area (TPSA) is 86.5 Å². The van der Waals surface area contributed by atoms with Crippen LogP contribution in [0.15, 0.2) is 34.9 Å². The van der Waals surface area contributed by atoms with Crippen molar-refractivity contribution in [1.29, 1.82) is 0 Å². The highest BCUT2D eigenvalue weighted by Crippen LogP contribution is 2.23. The van der Waals surface area contributed by atoms with E-state index in [0.29, 0.717) is 17.4 Å². The molecule has 1 amide bonds. The van der Waals surface area contributed by atoms with Gasteiger partial charge in [0.2, 0.25) is 5.89 Å². The maximum atomic E-state index is 12.4. The summed E-state index contributed by atoms with van der Waals surface area (Å²) < 4.78 is 16.1. The summed E-state index contributed by atoms with van der Waals surface area (Å²) >= 11 is 1.61. The normalized spacial score (nSPS) is 11.9. The molecule has 0 bridgehead atoms. The number of ether oxygens (including phenoxy) is 2. The minimum Gasteiger partial charge on any atom is -0.497 e. The van der Waals surface area contributed by atoms with Gasteiger partial charge < -0.3 is 19.2 Å². The van der Waals surface area contributed by atoms with Gasteiger partial charge >= 0.3 is 0 Å². The van der Waals surface area contributed by atoms with E-state index in [4.69, 9.17) is 13.9 Å². The van der Waals surface area contributed by atoms with Crippen LogP contribution < -0.4 is 14.8 Å². The van der Waals surface area contributed by atoms with Crippen LogP contribution in [-0.2, 0) is 6.61 Å². The Kier molecular flexibility index (Phi) is 5.75. The second-order valence-corrected chi connectivity index (χ2v) is 7.37. The number of carbonyl (C=O) groups excluding carboxylic acids is 1. The van der Waals surface area contributed by atoms with Crippen LogP contribution in [0.25, 0.3) is 0 Å². The van der Waals surface area contributed by atoms with Crippen LogP contribution in [0.2, 0.25) is 0 Å². The molecule has 0 saturated carbocycles. The van der Waals surface area contributed by atoms with Gasteiger partial charge in [-0.1, -0.05) is 6.07 Å². The molecule has 2 heterocycles. The molecule has 1 N–H and O–H groups in total. The third-order valence-electron chi connectivity index (χ3n) is 3.89. The second kappa shape index (κ2) is 8.22. The number of benzene rings is 1. The Balaban J connectivity index is 1.59. The molecule has 142 valence electrons.